The lowest BCUT2D eigenvalue weighted by Gasteiger charge is -1.96. The average Bonchev–Trinajstić information content (AvgIpc) is 2.47. The molecular weight excluding hydrogens is 210 g/mol. The first-order valence-corrected chi connectivity index (χ1v) is 5.64. The molecule has 0 saturated carbocycles. The van der Waals surface area contributed by atoms with E-state index in [2.05, 4.69) is 4.98 Å². The van der Waals surface area contributed by atoms with Crippen molar-refractivity contribution < 1.29 is 14.6 Å². The molecule has 1 N–H and O–H groups in total. The Kier molecular flexibility index (Phi) is 3.56. The van der Waals surface area contributed by atoms with Crippen LogP contribution < -0.4 is 0 Å². The summed E-state index contributed by atoms with van der Waals surface area (Å²) in [6.45, 7) is 2.01. The number of hydrogen-bond donors (Lipinski definition) is 1. The molecule has 0 aliphatic carbocycles. The van der Waals surface area contributed by atoms with Gasteiger partial charge in [0.05, 0.1) is 6.61 Å². The highest BCUT2D eigenvalue weighted by Crippen LogP contribution is 2.30. The first-order chi connectivity index (χ1) is 6.19. The van der Waals surface area contributed by atoms with Crippen molar-refractivity contribution in [2.75, 3.05) is 12.9 Å². The zero-order valence-electron chi connectivity index (χ0n) is 7.23. The molecule has 1 heterocycles. The molecule has 0 fully saturated rings. The molecule has 1 aromatic heterocycles. The van der Waals surface area contributed by atoms with Crippen molar-refractivity contribution in [3.05, 3.63) is 4.88 Å². The van der Waals surface area contributed by atoms with Gasteiger partial charge in [0.15, 0.2) is 9.22 Å². The van der Waals surface area contributed by atoms with Gasteiger partial charge in [0.25, 0.3) is 0 Å². The predicted molar refractivity (Wildman–Crippen MR) is 51.5 cm³/mol. The number of hydrogen-bond acceptors (Lipinski definition) is 6. The minimum atomic E-state index is -0.516. The summed E-state index contributed by atoms with van der Waals surface area (Å²) in [5.74, 6) is -0.759. The van der Waals surface area contributed by atoms with E-state index in [-0.39, 0.29) is 10.8 Å². The largest absolute Gasteiger partial charge is 0.492 e. The van der Waals surface area contributed by atoms with Crippen LogP contribution in [0, 0.1) is 0 Å². The third kappa shape index (κ3) is 2.35. The molecular formula is C7H9NO3S2. The van der Waals surface area contributed by atoms with Crippen LogP contribution in [0.4, 0.5) is 0 Å². The van der Waals surface area contributed by atoms with Gasteiger partial charge in [-0.3, -0.25) is 0 Å². The second-order valence-electron chi connectivity index (χ2n) is 2.06. The molecule has 0 aromatic carbocycles. The molecule has 0 aliphatic rings. The zero-order chi connectivity index (χ0) is 9.84. The highest BCUT2D eigenvalue weighted by atomic mass is 32.2. The van der Waals surface area contributed by atoms with Crippen LogP contribution in [0.3, 0.4) is 0 Å². The summed E-state index contributed by atoms with van der Waals surface area (Å²) in [4.78, 5) is 15.1. The summed E-state index contributed by atoms with van der Waals surface area (Å²) in [5, 5.41) is 9.24. The number of aromatic nitrogens is 1. The standard InChI is InChI=1S/C7H9NO3S2/c1-3-11-6(10)4-5(9)8-7(12-2)13-4/h9H,3H2,1-2H3. The van der Waals surface area contributed by atoms with E-state index in [1.165, 1.54) is 11.8 Å². The molecule has 0 radical (unpaired) electrons. The van der Waals surface area contributed by atoms with Crippen LogP contribution in [0.1, 0.15) is 16.6 Å². The Balaban J connectivity index is 2.87. The summed E-state index contributed by atoms with van der Waals surface area (Å²) < 4.78 is 5.38. The molecule has 1 aromatic rings. The fourth-order valence-electron chi connectivity index (χ4n) is 0.710. The molecule has 0 unspecified atom stereocenters. The van der Waals surface area contributed by atoms with Crippen molar-refractivity contribution in [1.82, 2.24) is 4.98 Å². The molecule has 0 spiro atoms. The van der Waals surface area contributed by atoms with Gasteiger partial charge < -0.3 is 9.84 Å². The van der Waals surface area contributed by atoms with E-state index in [0.717, 1.165) is 11.3 Å². The summed E-state index contributed by atoms with van der Waals surface area (Å²) in [7, 11) is 0. The maximum atomic E-state index is 11.2. The van der Waals surface area contributed by atoms with Crippen LogP contribution in [-0.2, 0) is 4.74 Å². The van der Waals surface area contributed by atoms with Gasteiger partial charge in [-0.25, -0.2) is 4.79 Å². The molecule has 0 amide bonds. The molecule has 0 saturated heterocycles. The Hall–Kier alpha value is -0.750. The normalized spacial score (nSPS) is 10.0. The average molecular weight is 219 g/mol. The quantitative estimate of drug-likeness (QED) is 0.620. The third-order valence-electron chi connectivity index (χ3n) is 1.23. The lowest BCUT2D eigenvalue weighted by molar-refractivity contribution is 0.0528. The summed E-state index contributed by atoms with van der Waals surface area (Å²) in [5.41, 5.74) is 0. The number of thiazole rings is 1. The maximum absolute atomic E-state index is 11.2. The Morgan fingerprint density at radius 1 is 1.77 bits per heavy atom. The molecule has 13 heavy (non-hydrogen) atoms. The van der Waals surface area contributed by atoms with Gasteiger partial charge in [-0.15, -0.1) is 0 Å². The Morgan fingerprint density at radius 2 is 2.46 bits per heavy atom. The molecule has 0 bridgehead atoms. The Labute approximate surface area is 83.9 Å². The number of esters is 1. The number of nitrogens with zero attached hydrogens (tertiary/aromatic N) is 1. The monoisotopic (exact) mass is 219 g/mol. The topological polar surface area (TPSA) is 59.4 Å². The van der Waals surface area contributed by atoms with Gasteiger partial charge in [0.1, 0.15) is 0 Å². The third-order valence-corrected chi connectivity index (χ3v) is 3.23. The molecule has 6 heteroatoms. The minimum absolute atomic E-state index is 0.172. The lowest BCUT2D eigenvalue weighted by Crippen LogP contribution is -2.02. The van der Waals surface area contributed by atoms with Gasteiger partial charge in [0, 0.05) is 0 Å². The number of thioether (sulfide) groups is 1. The number of ether oxygens (including phenoxy) is 1. The van der Waals surface area contributed by atoms with E-state index in [9.17, 15) is 9.90 Å². The van der Waals surface area contributed by atoms with Crippen LogP contribution in [0.15, 0.2) is 4.34 Å². The summed E-state index contributed by atoms with van der Waals surface area (Å²) in [6, 6.07) is 0. The molecule has 4 nitrogen and oxygen atoms in total. The fourth-order valence-corrected chi connectivity index (χ4v) is 2.06. The summed E-state index contributed by atoms with van der Waals surface area (Å²) >= 11 is 2.51. The highest BCUT2D eigenvalue weighted by Gasteiger charge is 2.18. The smallest absolute Gasteiger partial charge is 0.354 e. The summed E-state index contributed by atoms with van der Waals surface area (Å²) in [6.07, 6.45) is 1.83. The van der Waals surface area contributed by atoms with Gasteiger partial charge in [-0.2, -0.15) is 4.98 Å². The highest BCUT2D eigenvalue weighted by molar-refractivity contribution is 8.00. The van der Waals surface area contributed by atoms with E-state index >= 15 is 0 Å². The Morgan fingerprint density at radius 3 is 2.92 bits per heavy atom. The predicted octanol–water partition coefficient (Wildman–Crippen LogP) is 1.75. The SMILES string of the molecule is CCOC(=O)c1sc(SC)nc1O. The number of carbonyl (C=O) groups is 1. The number of aromatic hydroxyl groups is 1. The molecule has 1 rings (SSSR count). The van der Waals surface area contributed by atoms with E-state index < -0.39 is 5.97 Å². The minimum Gasteiger partial charge on any atom is -0.492 e. The van der Waals surface area contributed by atoms with Crippen molar-refractivity contribution >= 4 is 29.1 Å². The molecule has 72 valence electrons. The second kappa shape index (κ2) is 4.48. The van der Waals surface area contributed by atoms with E-state index in [1.54, 1.807) is 6.92 Å². The fraction of sp³-hybridized carbons (Fsp3) is 0.429. The van der Waals surface area contributed by atoms with Crippen molar-refractivity contribution in [2.24, 2.45) is 0 Å². The van der Waals surface area contributed by atoms with E-state index in [1.807, 2.05) is 6.26 Å². The molecule has 0 atom stereocenters. The maximum Gasteiger partial charge on any atom is 0.354 e. The first-order valence-electron chi connectivity index (χ1n) is 3.60. The van der Waals surface area contributed by atoms with Crippen molar-refractivity contribution in [2.45, 2.75) is 11.3 Å². The van der Waals surface area contributed by atoms with Crippen LogP contribution in [0.2, 0.25) is 0 Å². The van der Waals surface area contributed by atoms with Crippen molar-refractivity contribution in [1.29, 1.82) is 0 Å². The van der Waals surface area contributed by atoms with Gasteiger partial charge >= 0.3 is 5.97 Å². The van der Waals surface area contributed by atoms with E-state index in [0.29, 0.717) is 10.9 Å². The number of carbonyl (C=O) groups excluding carboxylic acids is 1. The van der Waals surface area contributed by atoms with Crippen LogP contribution in [0.25, 0.3) is 0 Å². The number of rotatable bonds is 3. The molecule has 0 aliphatic heterocycles. The zero-order valence-corrected chi connectivity index (χ0v) is 8.87. The second-order valence-corrected chi connectivity index (χ2v) is 4.11. The van der Waals surface area contributed by atoms with Gasteiger partial charge in [0.2, 0.25) is 5.88 Å². The van der Waals surface area contributed by atoms with Gasteiger partial charge in [-0.05, 0) is 13.2 Å². The van der Waals surface area contributed by atoms with Crippen molar-refractivity contribution in [3.63, 3.8) is 0 Å². The van der Waals surface area contributed by atoms with Crippen LogP contribution >= 0.6 is 23.1 Å². The van der Waals surface area contributed by atoms with Crippen molar-refractivity contribution in [3.8, 4) is 5.88 Å². The van der Waals surface area contributed by atoms with Gasteiger partial charge in [-0.1, -0.05) is 23.1 Å². The Bertz CT molecular complexity index is 311. The first kappa shape index (κ1) is 10.3. The lowest BCUT2D eigenvalue weighted by atomic mass is 10.5. The van der Waals surface area contributed by atoms with Crippen LogP contribution in [0.5, 0.6) is 5.88 Å². The van der Waals surface area contributed by atoms with E-state index in [4.69, 9.17) is 4.74 Å². The van der Waals surface area contributed by atoms with Crippen LogP contribution in [-0.4, -0.2) is 28.9 Å².